The number of carbonyl (C=O) groups is 1. The minimum Gasteiger partial charge on any atom is -0.459 e. The minimum absolute atomic E-state index is 0.174. The topological polar surface area (TPSA) is 61.2 Å². The molecule has 26 heavy (non-hydrogen) atoms. The maximum Gasteiger partial charge on any atom is 0.329 e. The largest absolute Gasteiger partial charge is 0.459 e. The van der Waals surface area contributed by atoms with E-state index in [1.54, 1.807) is 6.92 Å². The van der Waals surface area contributed by atoms with Crippen molar-refractivity contribution in [1.29, 1.82) is 0 Å². The molecule has 136 valence electrons. The molecule has 0 spiro atoms. The first-order valence-electron chi connectivity index (χ1n) is 8.77. The molecule has 0 bridgehead atoms. The van der Waals surface area contributed by atoms with Gasteiger partial charge in [-0.2, -0.15) is 0 Å². The summed E-state index contributed by atoms with van der Waals surface area (Å²) in [7, 11) is 0. The average Bonchev–Trinajstić information content (AvgIpc) is 3.07. The summed E-state index contributed by atoms with van der Waals surface area (Å²) in [6, 6.07) is 10.7. The third kappa shape index (κ3) is 3.55. The molecular formula is C20H22N2O3S. The van der Waals surface area contributed by atoms with Crippen LogP contribution in [0.3, 0.4) is 0 Å². The van der Waals surface area contributed by atoms with Crippen LogP contribution in [0, 0.1) is 6.92 Å². The van der Waals surface area contributed by atoms with Crippen molar-refractivity contribution in [2.45, 2.75) is 46.3 Å². The molecule has 0 amide bonds. The molecule has 0 aliphatic heterocycles. The maximum atomic E-state index is 13.0. The molecule has 0 saturated heterocycles. The summed E-state index contributed by atoms with van der Waals surface area (Å²) in [5.74, 6) is 0.129. The van der Waals surface area contributed by atoms with Crippen LogP contribution in [-0.2, 0) is 22.6 Å². The van der Waals surface area contributed by atoms with E-state index in [1.807, 2.05) is 50.2 Å². The molecule has 2 aromatic heterocycles. The number of rotatable bonds is 6. The van der Waals surface area contributed by atoms with Crippen LogP contribution in [0.4, 0.5) is 0 Å². The molecule has 1 atom stereocenters. The van der Waals surface area contributed by atoms with Crippen molar-refractivity contribution in [2.75, 3.05) is 0 Å². The predicted molar refractivity (Wildman–Crippen MR) is 104 cm³/mol. The van der Waals surface area contributed by atoms with Crippen molar-refractivity contribution in [3.8, 4) is 0 Å². The number of ether oxygens (including phenoxy) is 1. The van der Waals surface area contributed by atoms with Crippen LogP contribution in [0.2, 0.25) is 0 Å². The summed E-state index contributed by atoms with van der Waals surface area (Å²) in [5.41, 5.74) is 0.741. The highest BCUT2D eigenvalue weighted by atomic mass is 32.1. The predicted octanol–water partition coefficient (Wildman–Crippen LogP) is 4.02. The highest BCUT2D eigenvalue weighted by Crippen LogP contribution is 2.24. The van der Waals surface area contributed by atoms with Gasteiger partial charge in [0.15, 0.2) is 0 Å². The van der Waals surface area contributed by atoms with Gasteiger partial charge in [-0.3, -0.25) is 9.36 Å². The molecule has 1 aromatic carbocycles. The summed E-state index contributed by atoms with van der Waals surface area (Å²) in [4.78, 5) is 32.0. The highest BCUT2D eigenvalue weighted by Gasteiger charge is 2.25. The van der Waals surface area contributed by atoms with Crippen molar-refractivity contribution in [3.05, 3.63) is 63.0 Å². The van der Waals surface area contributed by atoms with E-state index in [2.05, 4.69) is 4.98 Å². The minimum atomic E-state index is -0.673. The standard InChI is InChI=1S/C20H22N2O3S/c1-4-15-11-16-18(26-15)21-13(3)22(19(16)23)17(5-2)20(24)25-12-14-9-7-6-8-10-14/h6-11,17H,4-5,12H2,1-3H3. The van der Waals surface area contributed by atoms with Crippen LogP contribution >= 0.6 is 11.3 Å². The van der Waals surface area contributed by atoms with Gasteiger partial charge >= 0.3 is 5.97 Å². The Morgan fingerprint density at radius 2 is 2.00 bits per heavy atom. The number of fused-ring (bicyclic) bond motifs is 1. The summed E-state index contributed by atoms with van der Waals surface area (Å²) >= 11 is 1.53. The number of aryl methyl sites for hydroxylation is 2. The Morgan fingerprint density at radius 3 is 2.65 bits per heavy atom. The molecule has 3 rings (SSSR count). The van der Waals surface area contributed by atoms with Gasteiger partial charge in [0.25, 0.3) is 5.56 Å². The van der Waals surface area contributed by atoms with E-state index in [4.69, 9.17) is 4.74 Å². The molecule has 3 aromatic rings. The number of esters is 1. The Kier molecular flexibility index (Phi) is 5.52. The fraction of sp³-hybridized carbons (Fsp3) is 0.350. The molecule has 0 N–H and O–H groups in total. The van der Waals surface area contributed by atoms with Crippen molar-refractivity contribution < 1.29 is 9.53 Å². The SMILES string of the molecule is CCc1cc2c(=O)n(C(CC)C(=O)OCc3ccccc3)c(C)nc2s1. The molecule has 0 fully saturated rings. The quantitative estimate of drug-likeness (QED) is 0.615. The summed E-state index contributed by atoms with van der Waals surface area (Å²) in [6.07, 6.45) is 1.32. The lowest BCUT2D eigenvalue weighted by molar-refractivity contribution is -0.149. The number of carbonyl (C=O) groups excluding carboxylic acids is 1. The van der Waals surface area contributed by atoms with Crippen LogP contribution < -0.4 is 5.56 Å². The average molecular weight is 370 g/mol. The third-order valence-corrected chi connectivity index (χ3v) is 5.54. The first-order chi connectivity index (χ1) is 12.5. The second-order valence-corrected chi connectivity index (χ2v) is 7.25. The van der Waals surface area contributed by atoms with E-state index >= 15 is 0 Å². The van der Waals surface area contributed by atoms with E-state index in [0.717, 1.165) is 21.7 Å². The Hall–Kier alpha value is -2.47. The lowest BCUT2D eigenvalue weighted by Gasteiger charge is -2.19. The molecule has 0 aliphatic rings. The van der Waals surface area contributed by atoms with Crippen LogP contribution in [-0.4, -0.2) is 15.5 Å². The zero-order valence-electron chi connectivity index (χ0n) is 15.2. The molecule has 1 unspecified atom stereocenters. The van der Waals surface area contributed by atoms with Crippen molar-refractivity contribution in [3.63, 3.8) is 0 Å². The Labute approximate surface area is 156 Å². The van der Waals surface area contributed by atoms with Gasteiger partial charge in [-0.05, 0) is 31.4 Å². The molecule has 2 heterocycles. The molecule has 5 nitrogen and oxygen atoms in total. The first-order valence-corrected chi connectivity index (χ1v) is 9.58. The van der Waals surface area contributed by atoms with Crippen LogP contribution in [0.15, 0.2) is 41.2 Å². The van der Waals surface area contributed by atoms with Crippen molar-refractivity contribution in [2.24, 2.45) is 0 Å². The lowest BCUT2D eigenvalue weighted by Crippen LogP contribution is -2.33. The van der Waals surface area contributed by atoms with E-state index in [9.17, 15) is 9.59 Å². The zero-order chi connectivity index (χ0) is 18.7. The summed E-state index contributed by atoms with van der Waals surface area (Å²) in [5, 5.41) is 0.576. The van der Waals surface area contributed by atoms with Gasteiger partial charge < -0.3 is 4.74 Å². The normalized spacial score (nSPS) is 12.3. The van der Waals surface area contributed by atoms with Gasteiger partial charge in [0.1, 0.15) is 23.3 Å². The van der Waals surface area contributed by atoms with Gasteiger partial charge in [-0.25, -0.2) is 9.78 Å². The van der Waals surface area contributed by atoms with E-state index in [-0.39, 0.29) is 12.2 Å². The van der Waals surface area contributed by atoms with Crippen LogP contribution in [0.25, 0.3) is 10.2 Å². The van der Waals surface area contributed by atoms with Gasteiger partial charge in [-0.1, -0.05) is 44.2 Å². The molecule has 6 heteroatoms. The molecular weight excluding hydrogens is 348 g/mol. The summed E-state index contributed by atoms with van der Waals surface area (Å²) < 4.78 is 6.93. The van der Waals surface area contributed by atoms with E-state index in [0.29, 0.717) is 17.6 Å². The second-order valence-electron chi connectivity index (χ2n) is 6.14. The van der Waals surface area contributed by atoms with Gasteiger partial charge in [0.2, 0.25) is 0 Å². The number of benzene rings is 1. The lowest BCUT2D eigenvalue weighted by atomic mass is 10.2. The smallest absolute Gasteiger partial charge is 0.329 e. The Bertz CT molecular complexity index is 976. The highest BCUT2D eigenvalue weighted by molar-refractivity contribution is 7.18. The number of thiophene rings is 1. The van der Waals surface area contributed by atoms with Crippen molar-refractivity contribution >= 4 is 27.5 Å². The fourth-order valence-electron chi connectivity index (χ4n) is 2.97. The Morgan fingerprint density at radius 1 is 1.27 bits per heavy atom. The third-order valence-electron chi connectivity index (χ3n) is 4.37. The monoisotopic (exact) mass is 370 g/mol. The van der Waals surface area contributed by atoms with Crippen LogP contribution in [0.5, 0.6) is 0 Å². The molecule has 0 radical (unpaired) electrons. The van der Waals surface area contributed by atoms with Crippen LogP contribution in [0.1, 0.15) is 42.6 Å². The van der Waals surface area contributed by atoms with Crippen molar-refractivity contribution in [1.82, 2.24) is 9.55 Å². The van der Waals surface area contributed by atoms with Gasteiger partial charge in [-0.15, -0.1) is 11.3 Å². The van der Waals surface area contributed by atoms with Gasteiger partial charge in [0, 0.05) is 4.88 Å². The molecule has 0 aliphatic carbocycles. The number of aromatic nitrogens is 2. The number of nitrogens with zero attached hydrogens (tertiary/aromatic N) is 2. The van der Waals surface area contributed by atoms with E-state index in [1.165, 1.54) is 15.9 Å². The second kappa shape index (κ2) is 7.83. The zero-order valence-corrected chi connectivity index (χ0v) is 16.0. The number of hydrogen-bond donors (Lipinski definition) is 0. The maximum absolute atomic E-state index is 13.0. The van der Waals surface area contributed by atoms with Gasteiger partial charge in [0.05, 0.1) is 5.39 Å². The fourth-order valence-corrected chi connectivity index (χ4v) is 3.97. The van der Waals surface area contributed by atoms with E-state index < -0.39 is 12.0 Å². The molecule has 0 saturated carbocycles. The number of hydrogen-bond acceptors (Lipinski definition) is 5. The summed E-state index contributed by atoms with van der Waals surface area (Å²) in [6.45, 7) is 5.87. The first kappa shape index (κ1) is 18.3. The Balaban J connectivity index is 1.91.